The Morgan fingerprint density at radius 1 is 1.44 bits per heavy atom. The topological polar surface area (TPSA) is 56.7 Å². The average molecular weight is 234 g/mol. The molecule has 0 aliphatic rings. The van der Waals surface area contributed by atoms with E-state index in [1.807, 2.05) is 30.7 Å². The van der Waals surface area contributed by atoms with Crippen molar-refractivity contribution in [2.45, 2.75) is 17.8 Å². The fourth-order valence-electron chi connectivity index (χ4n) is 1.41. The molecule has 0 bridgehead atoms. The number of nitrogen functional groups attached to an aromatic ring is 1. The van der Waals surface area contributed by atoms with Gasteiger partial charge in [0.15, 0.2) is 5.16 Å². The van der Waals surface area contributed by atoms with Crippen LogP contribution < -0.4 is 5.73 Å². The number of benzene rings is 1. The third-order valence-corrected chi connectivity index (χ3v) is 3.60. The predicted octanol–water partition coefficient (Wildman–Crippen LogP) is 2.00. The van der Waals surface area contributed by atoms with E-state index in [1.54, 1.807) is 18.1 Å². The highest BCUT2D eigenvalue weighted by atomic mass is 32.2. The minimum Gasteiger partial charge on any atom is -0.399 e. The van der Waals surface area contributed by atoms with Crippen LogP contribution in [-0.4, -0.2) is 14.8 Å². The molecule has 0 aliphatic carbocycles. The predicted molar refractivity (Wildman–Crippen MR) is 66.2 cm³/mol. The lowest BCUT2D eigenvalue weighted by Crippen LogP contribution is -1.95. The first-order valence-corrected chi connectivity index (χ1v) is 5.98. The Morgan fingerprint density at radius 2 is 2.25 bits per heavy atom. The van der Waals surface area contributed by atoms with Crippen LogP contribution in [0, 0.1) is 6.92 Å². The summed E-state index contributed by atoms with van der Waals surface area (Å²) in [5, 5.41) is 8.79. The van der Waals surface area contributed by atoms with Crippen molar-refractivity contribution in [3.63, 3.8) is 0 Å². The van der Waals surface area contributed by atoms with Crippen molar-refractivity contribution in [2.75, 3.05) is 5.73 Å². The molecule has 5 heteroatoms. The van der Waals surface area contributed by atoms with Crippen LogP contribution in [0.15, 0.2) is 29.7 Å². The lowest BCUT2D eigenvalue weighted by Gasteiger charge is -2.07. The fraction of sp³-hybridized carbons (Fsp3) is 0.273. The molecule has 2 aromatic rings. The van der Waals surface area contributed by atoms with Crippen molar-refractivity contribution in [3.8, 4) is 0 Å². The highest BCUT2D eigenvalue weighted by molar-refractivity contribution is 7.98. The van der Waals surface area contributed by atoms with E-state index in [1.165, 1.54) is 5.56 Å². The van der Waals surface area contributed by atoms with Crippen molar-refractivity contribution < 1.29 is 0 Å². The SMILES string of the molecule is Cc1c(N)cccc1CSc1nncn1C. The molecule has 0 amide bonds. The van der Waals surface area contributed by atoms with Gasteiger partial charge in [-0.15, -0.1) is 10.2 Å². The maximum Gasteiger partial charge on any atom is 0.191 e. The van der Waals surface area contributed by atoms with Gasteiger partial charge in [0.05, 0.1) is 0 Å². The smallest absolute Gasteiger partial charge is 0.191 e. The van der Waals surface area contributed by atoms with E-state index < -0.39 is 0 Å². The summed E-state index contributed by atoms with van der Waals surface area (Å²) in [6.45, 7) is 2.04. The minimum absolute atomic E-state index is 0.844. The summed E-state index contributed by atoms with van der Waals surface area (Å²) in [6, 6.07) is 6.00. The molecule has 0 aliphatic heterocycles. The van der Waals surface area contributed by atoms with Gasteiger partial charge in [-0.1, -0.05) is 23.9 Å². The number of aryl methyl sites for hydroxylation is 1. The van der Waals surface area contributed by atoms with Crippen LogP contribution in [0.3, 0.4) is 0 Å². The van der Waals surface area contributed by atoms with E-state index in [2.05, 4.69) is 16.3 Å². The van der Waals surface area contributed by atoms with Crippen molar-refractivity contribution in [2.24, 2.45) is 7.05 Å². The van der Waals surface area contributed by atoms with Gasteiger partial charge in [-0.2, -0.15) is 0 Å². The quantitative estimate of drug-likeness (QED) is 0.652. The first-order valence-electron chi connectivity index (χ1n) is 4.99. The monoisotopic (exact) mass is 234 g/mol. The summed E-state index contributed by atoms with van der Waals surface area (Å²) < 4.78 is 1.91. The first kappa shape index (κ1) is 11.0. The van der Waals surface area contributed by atoms with Gasteiger partial charge in [0.25, 0.3) is 0 Å². The number of rotatable bonds is 3. The molecule has 0 atom stereocenters. The molecule has 0 fully saturated rings. The molecular formula is C11H14N4S. The van der Waals surface area contributed by atoms with E-state index >= 15 is 0 Å². The zero-order chi connectivity index (χ0) is 11.5. The van der Waals surface area contributed by atoms with Gasteiger partial charge in [-0.25, -0.2) is 0 Å². The number of nitrogens with two attached hydrogens (primary N) is 1. The average Bonchev–Trinajstić information content (AvgIpc) is 2.67. The lowest BCUT2D eigenvalue weighted by atomic mass is 10.1. The molecule has 1 aromatic heterocycles. The number of aromatic nitrogens is 3. The Hall–Kier alpha value is -1.49. The normalized spacial score (nSPS) is 10.6. The molecule has 0 saturated carbocycles. The molecule has 0 saturated heterocycles. The van der Waals surface area contributed by atoms with Crippen LogP contribution in [0.25, 0.3) is 0 Å². The van der Waals surface area contributed by atoms with Crippen molar-refractivity contribution in [3.05, 3.63) is 35.7 Å². The van der Waals surface area contributed by atoms with E-state index in [0.29, 0.717) is 0 Å². The summed E-state index contributed by atoms with van der Waals surface area (Å²) in [7, 11) is 1.94. The van der Waals surface area contributed by atoms with Crippen LogP contribution in [0.2, 0.25) is 0 Å². The van der Waals surface area contributed by atoms with Crippen LogP contribution in [0.4, 0.5) is 5.69 Å². The van der Waals surface area contributed by atoms with Crippen LogP contribution >= 0.6 is 11.8 Å². The van der Waals surface area contributed by atoms with Crippen molar-refractivity contribution in [1.82, 2.24) is 14.8 Å². The van der Waals surface area contributed by atoms with Gasteiger partial charge in [0, 0.05) is 18.5 Å². The highest BCUT2D eigenvalue weighted by Crippen LogP contribution is 2.24. The van der Waals surface area contributed by atoms with Gasteiger partial charge >= 0.3 is 0 Å². The van der Waals surface area contributed by atoms with Gasteiger partial charge in [-0.05, 0) is 24.1 Å². The molecule has 2 N–H and O–H groups in total. The molecule has 1 heterocycles. The molecule has 2 rings (SSSR count). The number of thioether (sulfide) groups is 1. The van der Waals surface area contributed by atoms with Crippen molar-refractivity contribution in [1.29, 1.82) is 0 Å². The van der Waals surface area contributed by atoms with Crippen LogP contribution in [0.1, 0.15) is 11.1 Å². The number of hydrogen-bond acceptors (Lipinski definition) is 4. The highest BCUT2D eigenvalue weighted by Gasteiger charge is 2.05. The minimum atomic E-state index is 0.844. The third kappa shape index (κ3) is 2.19. The fourth-order valence-corrected chi connectivity index (χ4v) is 2.36. The Morgan fingerprint density at radius 3 is 2.94 bits per heavy atom. The lowest BCUT2D eigenvalue weighted by molar-refractivity contribution is 0.788. The molecule has 4 nitrogen and oxygen atoms in total. The molecule has 0 spiro atoms. The van der Waals surface area contributed by atoms with E-state index in [9.17, 15) is 0 Å². The van der Waals surface area contributed by atoms with E-state index in [-0.39, 0.29) is 0 Å². The van der Waals surface area contributed by atoms with Crippen molar-refractivity contribution >= 4 is 17.4 Å². The Kier molecular flexibility index (Phi) is 3.14. The Balaban J connectivity index is 2.11. The molecule has 1 aromatic carbocycles. The largest absolute Gasteiger partial charge is 0.399 e. The number of nitrogens with zero attached hydrogens (tertiary/aromatic N) is 3. The zero-order valence-electron chi connectivity index (χ0n) is 9.34. The standard InChI is InChI=1S/C11H14N4S/c1-8-9(4-3-5-10(8)12)6-16-11-14-13-7-15(11)2/h3-5,7H,6,12H2,1-2H3. The van der Waals surface area contributed by atoms with E-state index in [4.69, 9.17) is 5.73 Å². The van der Waals surface area contributed by atoms with Gasteiger partial charge in [-0.3, -0.25) is 0 Å². The zero-order valence-corrected chi connectivity index (χ0v) is 10.2. The summed E-state index contributed by atoms with van der Waals surface area (Å²) in [4.78, 5) is 0. The number of hydrogen-bond donors (Lipinski definition) is 1. The second kappa shape index (κ2) is 4.57. The molecular weight excluding hydrogens is 220 g/mol. The van der Waals surface area contributed by atoms with Gasteiger partial charge in [0.2, 0.25) is 0 Å². The van der Waals surface area contributed by atoms with Crippen LogP contribution in [-0.2, 0) is 12.8 Å². The second-order valence-electron chi connectivity index (χ2n) is 3.64. The Bertz CT molecular complexity index is 492. The van der Waals surface area contributed by atoms with Crippen LogP contribution in [0.5, 0.6) is 0 Å². The summed E-state index contributed by atoms with van der Waals surface area (Å²) in [6.07, 6.45) is 1.70. The molecule has 84 valence electrons. The molecule has 16 heavy (non-hydrogen) atoms. The van der Waals surface area contributed by atoms with Gasteiger partial charge in [0.1, 0.15) is 6.33 Å². The Labute approximate surface area is 98.9 Å². The molecule has 0 radical (unpaired) electrons. The summed E-state index contributed by atoms with van der Waals surface area (Å²) in [5.74, 6) is 0.864. The summed E-state index contributed by atoms with van der Waals surface area (Å²) in [5.41, 5.74) is 9.09. The number of anilines is 1. The summed E-state index contributed by atoms with van der Waals surface area (Å²) >= 11 is 1.66. The maximum absolute atomic E-state index is 5.86. The van der Waals surface area contributed by atoms with Gasteiger partial charge < -0.3 is 10.3 Å². The molecule has 0 unspecified atom stereocenters. The second-order valence-corrected chi connectivity index (χ2v) is 4.59. The maximum atomic E-state index is 5.86. The van der Waals surface area contributed by atoms with E-state index in [0.717, 1.165) is 22.2 Å². The third-order valence-electron chi connectivity index (χ3n) is 2.51. The first-order chi connectivity index (χ1) is 7.68.